The van der Waals surface area contributed by atoms with Gasteiger partial charge in [-0.05, 0) is 137 Å². The summed E-state index contributed by atoms with van der Waals surface area (Å²) in [6.07, 6.45) is 4.89. The number of piperidine rings is 1. The van der Waals surface area contributed by atoms with Crippen LogP contribution in [0, 0.1) is 24.2 Å². The van der Waals surface area contributed by atoms with Crippen LogP contribution in [0.3, 0.4) is 0 Å². The lowest BCUT2D eigenvalue weighted by Gasteiger charge is -2.47. The summed E-state index contributed by atoms with van der Waals surface area (Å²) in [5, 5.41) is 6.57. The Kier molecular flexibility index (Phi) is 14.6. The van der Waals surface area contributed by atoms with E-state index in [4.69, 9.17) is 26.8 Å². The largest absolute Gasteiger partial charge is 0.493 e. The van der Waals surface area contributed by atoms with Crippen LogP contribution in [0.2, 0.25) is 5.02 Å². The van der Waals surface area contributed by atoms with E-state index < -0.39 is 23.8 Å². The number of hydrogen-bond acceptors (Lipinski definition) is 11. The Hall–Kier alpha value is -5.88. The second kappa shape index (κ2) is 20.7. The number of nitrogens with zero attached hydrogens (tertiary/aromatic N) is 6. The van der Waals surface area contributed by atoms with Gasteiger partial charge in [0.25, 0.3) is 5.91 Å². The lowest BCUT2D eigenvalue weighted by molar-refractivity contribution is -0.139. The predicted molar refractivity (Wildman–Crippen MR) is 265 cm³/mol. The number of urea groups is 1. The number of halogens is 4. The molecule has 2 aliphatic carbocycles. The smallest absolute Gasteiger partial charge is 0.416 e. The molecule has 4 aromatic rings. The van der Waals surface area contributed by atoms with Crippen molar-refractivity contribution in [3.8, 4) is 11.5 Å². The number of nitrogens with two attached hydrogens (primary N) is 1. The van der Waals surface area contributed by atoms with Crippen LogP contribution in [0.1, 0.15) is 111 Å². The Balaban J connectivity index is 0.719. The third-order valence-corrected chi connectivity index (χ3v) is 15.9. The van der Waals surface area contributed by atoms with Crippen molar-refractivity contribution < 1.29 is 41.8 Å². The number of likely N-dealkylation sites (tertiary alicyclic amines) is 1. The van der Waals surface area contributed by atoms with E-state index in [1.54, 1.807) is 45.2 Å². The molecule has 71 heavy (non-hydrogen) atoms. The number of fused-ring (bicyclic) bond motifs is 1. The molecule has 3 aromatic carbocycles. The van der Waals surface area contributed by atoms with Crippen LogP contribution in [0.4, 0.5) is 35.2 Å². The number of methoxy groups -OCH3 is 1. The molecular weight excluding hydrogens is 939 g/mol. The van der Waals surface area contributed by atoms with Crippen LogP contribution in [0.15, 0.2) is 48.5 Å². The van der Waals surface area contributed by atoms with Gasteiger partial charge in [-0.25, -0.2) is 14.8 Å². The zero-order valence-electron chi connectivity index (χ0n) is 40.6. The Morgan fingerprint density at radius 1 is 0.887 bits per heavy atom. The van der Waals surface area contributed by atoms with Crippen LogP contribution < -0.4 is 30.7 Å². The molecule has 0 radical (unpaired) electrons. The first-order valence-electron chi connectivity index (χ1n) is 24.9. The zero-order chi connectivity index (χ0) is 50.2. The van der Waals surface area contributed by atoms with Crippen molar-refractivity contribution in [3.05, 3.63) is 76.1 Å². The second-order valence-corrected chi connectivity index (χ2v) is 20.7. The standard InChI is InChI=1S/C52H63ClF3N9O6/c1-31(36-24-37(52(54,55)56)27-38(57)25-36)58-47-40-28-45(44(70-3)29-42(40)59-32(2)60-47)71-39-7-4-34(5-8-39)48(67)64-22-20-62(21-23-64)30-33-10-13-51(14-11-33)15-18-63(19-16-51)49(68)35-6-9-41(53)43(26-35)65-17-12-46(66)61-50(65)69/h6,9,24-29,31,33-34,39H,4-5,7-8,10-23,30,57H2,1-3H3,(H,58,59,60)(H,61,66,69)/t31-,34?,39?/m1/s1. The lowest BCUT2D eigenvalue weighted by Crippen LogP contribution is -2.52. The summed E-state index contributed by atoms with van der Waals surface area (Å²) in [5.74, 6) is 2.28. The summed E-state index contributed by atoms with van der Waals surface area (Å²) in [4.78, 5) is 68.8. The van der Waals surface area contributed by atoms with Crippen LogP contribution in [-0.2, 0) is 15.8 Å². The van der Waals surface area contributed by atoms with E-state index in [0.717, 1.165) is 83.4 Å². The summed E-state index contributed by atoms with van der Waals surface area (Å²) in [5.41, 5.74) is 7.17. The molecule has 5 fully saturated rings. The summed E-state index contributed by atoms with van der Waals surface area (Å²) in [6.45, 7) is 9.30. The molecule has 15 nitrogen and oxygen atoms in total. The van der Waals surface area contributed by atoms with Gasteiger partial charge in [0.1, 0.15) is 11.6 Å². The van der Waals surface area contributed by atoms with Crippen LogP contribution >= 0.6 is 11.6 Å². The van der Waals surface area contributed by atoms with Crippen molar-refractivity contribution >= 4 is 63.4 Å². The van der Waals surface area contributed by atoms with Crippen molar-refractivity contribution in [1.82, 2.24) is 30.0 Å². The second-order valence-electron chi connectivity index (χ2n) is 20.3. The van der Waals surface area contributed by atoms with Gasteiger partial charge in [0.05, 0.1) is 41.0 Å². The van der Waals surface area contributed by atoms with E-state index in [2.05, 4.69) is 25.5 Å². The third-order valence-electron chi connectivity index (χ3n) is 15.6. The molecule has 3 aliphatic heterocycles. The van der Waals surface area contributed by atoms with Crippen molar-refractivity contribution in [1.29, 1.82) is 0 Å². The maximum absolute atomic E-state index is 13.8. The molecule has 4 heterocycles. The molecule has 1 aromatic heterocycles. The van der Waals surface area contributed by atoms with Gasteiger partial charge in [-0.1, -0.05) is 11.6 Å². The number of carbonyl (C=O) groups is 4. The van der Waals surface area contributed by atoms with Gasteiger partial charge in [0.15, 0.2) is 11.5 Å². The van der Waals surface area contributed by atoms with Gasteiger partial charge >= 0.3 is 12.2 Å². The number of benzene rings is 3. The number of nitrogens with one attached hydrogen (secondary N) is 2. The van der Waals surface area contributed by atoms with Crippen LogP contribution in [0.5, 0.6) is 11.5 Å². The number of anilines is 3. The normalized spacial score (nSPS) is 21.8. The van der Waals surface area contributed by atoms with Crippen molar-refractivity contribution in [2.75, 3.05) is 75.4 Å². The van der Waals surface area contributed by atoms with Crippen molar-refractivity contribution in [2.45, 2.75) is 103 Å². The summed E-state index contributed by atoms with van der Waals surface area (Å²) < 4.78 is 53.1. The number of rotatable bonds is 11. The first-order chi connectivity index (χ1) is 33.9. The molecule has 380 valence electrons. The van der Waals surface area contributed by atoms with Crippen LogP contribution in [0.25, 0.3) is 10.9 Å². The van der Waals surface area contributed by atoms with Gasteiger partial charge < -0.3 is 30.3 Å². The number of ether oxygens (including phenoxy) is 2. The van der Waals surface area contributed by atoms with Crippen molar-refractivity contribution in [2.24, 2.45) is 17.3 Å². The number of aromatic nitrogens is 2. The first kappa shape index (κ1) is 50.1. The highest BCUT2D eigenvalue weighted by molar-refractivity contribution is 6.34. The number of hydrogen-bond donors (Lipinski definition) is 3. The number of imide groups is 1. The van der Waals surface area contributed by atoms with Gasteiger partial charge in [0, 0.05) is 87.4 Å². The predicted octanol–water partition coefficient (Wildman–Crippen LogP) is 9.02. The molecule has 5 amide bonds. The Morgan fingerprint density at radius 2 is 1.61 bits per heavy atom. The van der Waals surface area contributed by atoms with Crippen LogP contribution in [-0.4, -0.2) is 114 Å². The van der Waals surface area contributed by atoms with Crippen molar-refractivity contribution in [3.63, 3.8) is 0 Å². The zero-order valence-corrected chi connectivity index (χ0v) is 41.3. The Bertz CT molecular complexity index is 2660. The van der Waals surface area contributed by atoms with E-state index in [1.165, 1.54) is 11.0 Å². The fraction of sp³-hybridized carbons (Fsp3) is 0.538. The quantitative estimate of drug-likeness (QED) is 0.122. The monoisotopic (exact) mass is 1000 g/mol. The third kappa shape index (κ3) is 11.3. The van der Waals surface area contributed by atoms with Gasteiger partial charge in [0.2, 0.25) is 11.8 Å². The van der Waals surface area contributed by atoms with E-state index in [9.17, 15) is 32.3 Å². The highest BCUT2D eigenvalue weighted by Gasteiger charge is 2.41. The molecule has 2 saturated carbocycles. The molecular formula is C52H63ClF3N9O6. The van der Waals surface area contributed by atoms with Gasteiger partial charge in [-0.15, -0.1) is 0 Å². The highest BCUT2D eigenvalue weighted by Crippen LogP contribution is 2.47. The molecule has 3 saturated heterocycles. The molecule has 9 rings (SSSR count). The number of carbonyl (C=O) groups excluding carboxylic acids is 4. The summed E-state index contributed by atoms with van der Waals surface area (Å²) in [6, 6.07) is 11.0. The lowest BCUT2D eigenvalue weighted by atomic mass is 9.65. The average Bonchev–Trinajstić information content (AvgIpc) is 3.35. The molecule has 4 N–H and O–H groups in total. The fourth-order valence-corrected chi connectivity index (χ4v) is 11.6. The maximum Gasteiger partial charge on any atom is 0.416 e. The van der Waals surface area contributed by atoms with E-state index in [1.807, 2.05) is 15.9 Å². The number of alkyl halides is 3. The van der Waals surface area contributed by atoms with Gasteiger partial charge in [-0.2, -0.15) is 13.2 Å². The topological polar surface area (TPSA) is 176 Å². The Morgan fingerprint density at radius 3 is 2.28 bits per heavy atom. The number of nitrogen functional groups attached to an aromatic ring is 1. The van der Waals surface area contributed by atoms with E-state index in [-0.39, 0.29) is 53.8 Å². The summed E-state index contributed by atoms with van der Waals surface area (Å²) in [7, 11) is 1.56. The molecule has 0 bridgehead atoms. The minimum Gasteiger partial charge on any atom is -0.493 e. The minimum absolute atomic E-state index is 0.0156. The van der Waals surface area contributed by atoms with E-state index >= 15 is 0 Å². The molecule has 1 spiro atoms. The molecule has 19 heteroatoms. The maximum atomic E-state index is 13.8. The molecule has 1 atom stereocenters. The average molecular weight is 1000 g/mol. The molecule has 5 aliphatic rings. The first-order valence-corrected chi connectivity index (χ1v) is 25.3. The molecule has 0 unspecified atom stereocenters. The number of amides is 5. The van der Waals surface area contributed by atoms with Gasteiger partial charge in [-0.3, -0.25) is 29.5 Å². The SMILES string of the molecule is COc1cc2nc(C)nc(N[C@H](C)c3cc(N)cc(C(F)(F)F)c3)c2cc1OC1CCC(C(=O)N2CCN(CC3CCC4(CC3)CCN(C(=O)c3ccc(Cl)c(N5CCC(=O)NC5=O)c3)CC4)CC2)CC1. The summed E-state index contributed by atoms with van der Waals surface area (Å²) >= 11 is 6.44. The highest BCUT2D eigenvalue weighted by atomic mass is 35.5. The Labute approximate surface area is 416 Å². The fourth-order valence-electron chi connectivity index (χ4n) is 11.4. The number of piperazine rings is 1. The minimum atomic E-state index is -4.54. The van der Waals surface area contributed by atoms with E-state index in [0.29, 0.717) is 101 Å². The number of aryl methyl sites for hydroxylation is 1.